The Labute approximate surface area is 143 Å². The summed E-state index contributed by atoms with van der Waals surface area (Å²) in [4.78, 5) is 12.2. The van der Waals surface area contributed by atoms with E-state index in [9.17, 15) is 13.2 Å². The molecule has 0 bridgehead atoms. The highest BCUT2D eigenvalue weighted by Crippen LogP contribution is 2.28. The molecule has 0 aliphatic carbocycles. The zero-order valence-corrected chi connectivity index (χ0v) is 15.2. The molecule has 0 aliphatic heterocycles. The Hall–Kier alpha value is -1.65. The second-order valence-corrected chi connectivity index (χ2v) is 9.50. The lowest BCUT2D eigenvalue weighted by Gasteiger charge is -2.06. The molecule has 23 heavy (non-hydrogen) atoms. The van der Waals surface area contributed by atoms with Crippen molar-refractivity contribution >= 4 is 49.8 Å². The van der Waals surface area contributed by atoms with Gasteiger partial charge in [0.1, 0.15) is 0 Å². The van der Waals surface area contributed by atoms with Crippen LogP contribution in [0.5, 0.6) is 0 Å². The molecule has 0 fully saturated rings. The summed E-state index contributed by atoms with van der Waals surface area (Å²) >= 11 is 2.86. The Bertz CT molecular complexity index is 802. The molecule has 0 spiro atoms. The Kier molecular flexibility index (Phi) is 5.60. The fourth-order valence-electron chi connectivity index (χ4n) is 1.62. The summed E-state index contributed by atoms with van der Waals surface area (Å²) in [7, 11) is -3.39. The number of carbonyl (C=O) groups excluding carboxylic acids is 1. The Morgan fingerprint density at radius 2 is 2.04 bits per heavy atom. The highest BCUT2D eigenvalue weighted by Gasteiger charge is 2.12. The van der Waals surface area contributed by atoms with Gasteiger partial charge in [0.05, 0.1) is 6.26 Å². The number of rotatable bonds is 6. The van der Waals surface area contributed by atoms with Gasteiger partial charge in [0.25, 0.3) is 5.91 Å². The highest BCUT2D eigenvalue weighted by molar-refractivity contribution is 8.01. The molecule has 10 heteroatoms. The standard InChI is InChI=1S/C13H16N4O3S3/c1-8(2)21-13-16-15-12(22-13)14-11(18)9-5-4-6-10(7-9)17-23(3,19)20/h4-8,17H,1-3H3,(H,14,15,18). The summed E-state index contributed by atoms with van der Waals surface area (Å²) < 4.78 is 25.6. The topological polar surface area (TPSA) is 101 Å². The number of benzene rings is 1. The Morgan fingerprint density at radius 3 is 2.70 bits per heavy atom. The van der Waals surface area contributed by atoms with Crippen molar-refractivity contribution in [3.63, 3.8) is 0 Å². The van der Waals surface area contributed by atoms with Gasteiger partial charge in [0, 0.05) is 16.5 Å². The third kappa shape index (κ3) is 5.81. The van der Waals surface area contributed by atoms with Gasteiger partial charge in [0.2, 0.25) is 15.2 Å². The van der Waals surface area contributed by atoms with E-state index in [1.54, 1.807) is 30.0 Å². The molecule has 0 saturated carbocycles. The number of nitrogens with zero attached hydrogens (tertiary/aromatic N) is 2. The Balaban J connectivity index is 2.08. The lowest BCUT2D eigenvalue weighted by atomic mass is 10.2. The second-order valence-electron chi connectivity index (χ2n) is 4.95. The van der Waals surface area contributed by atoms with E-state index in [-0.39, 0.29) is 5.91 Å². The predicted octanol–water partition coefficient (Wildman–Crippen LogP) is 2.66. The van der Waals surface area contributed by atoms with Crippen molar-refractivity contribution in [2.24, 2.45) is 0 Å². The minimum atomic E-state index is -3.39. The molecule has 7 nitrogen and oxygen atoms in total. The number of carbonyl (C=O) groups is 1. The van der Waals surface area contributed by atoms with E-state index in [2.05, 4.69) is 20.2 Å². The van der Waals surface area contributed by atoms with E-state index in [0.29, 0.717) is 21.6 Å². The minimum Gasteiger partial charge on any atom is -0.296 e. The van der Waals surface area contributed by atoms with Crippen molar-refractivity contribution in [1.29, 1.82) is 0 Å². The molecule has 0 atom stereocenters. The number of hydrogen-bond donors (Lipinski definition) is 2. The number of sulfonamides is 1. The van der Waals surface area contributed by atoms with Crippen LogP contribution in [0.2, 0.25) is 0 Å². The van der Waals surface area contributed by atoms with Crippen molar-refractivity contribution in [2.45, 2.75) is 23.4 Å². The molecule has 1 heterocycles. The number of nitrogens with one attached hydrogen (secondary N) is 2. The van der Waals surface area contributed by atoms with Gasteiger partial charge in [-0.3, -0.25) is 14.8 Å². The van der Waals surface area contributed by atoms with Crippen LogP contribution in [0, 0.1) is 0 Å². The summed E-state index contributed by atoms with van der Waals surface area (Å²) in [5.41, 5.74) is 0.653. The summed E-state index contributed by atoms with van der Waals surface area (Å²) in [5, 5.41) is 11.4. The molecule has 2 N–H and O–H groups in total. The number of hydrogen-bond acceptors (Lipinski definition) is 7. The first-order valence-corrected chi connectivity index (χ1v) is 10.2. The molecular formula is C13H16N4O3S3. The molecule has 0 aliphatic rings. The van der Waals surface area contributed by atoms with E-state index in [1.165, 1.54) is 17.4 Å². The zero-order chi connectivity index (χ0) is 17.0. The normalized spacial score (nSPS) is 11.5. The molecule has 1 aromatic heterocycles. The third-order valence-corrected chi connectivity index (χ3v) is 4.92. The van der Waals surface area contributed by atoms with Crippen LogP contribution in [0.15, 0.2) is 28.6 Å². The van der Waals surface area contributed by atoms with Crippen LogP contribution in [-0.2, 0) is 10.0 Å². The third-order valence-electron chi connectivity index (χ3n) is 2.39. The van der Waals surface area contributed by atoms with Crippen molar-refractivity contribution in [2.75, 3.05) is 16.3 Å². The largest absolute Gasteiger partial charge is 0.296 e. The molecule has 0 saturated heterocycles. The van der Waals surface area contributed by atoms with Gasteiger partial charge < -0.3 is 0 Å². The highest BCUT2D eigenvalue weighted by atomic mass is 32.2. The van der Waals surface area contributed by atoms with Crippen LogP contribution >= 0.6 is 23.1 Å². The van der Waals surface area contributed by atoms with E-state index < -0.39 is 10.0 Å². The number of thioether (sulfide) groups is 1. The second kappa shape index (κ2) is 7.28. The van der Waals surface area contributed by atoms with E-state index in [1.807, 2.05) is 13.8 Å². The predicted molar refractivity (Wildman–Crippen MR) is 93.8 cm³/mol. The van der Waals surface area contributed by atoms with E-state index in [4.69, 9.17) is 0 Å². The summed E-state index contributed by atoms with van der Waals surface area (Å²) in [6.45, 7) is 4.09. The van der Waals surface area contributed by atoms with Gasteiger partial charge in [0.15, 0.2) is 4.34 Å². The van der Waals surface area contributed by atoms with Crippen molar-refractivity contribution in [3.05, 3.63) is 29.8 Å². The molecular weight excluding hydrogens is 356 g/mol. The van der Waals surface area contributed by atoms with Crippen molar-refractivity contribution in [3.8, 4) is 0 Å². The molecule has 2 rings (SSSR count). The van der Waals surface area contributed by atoms with Gasteiger partial charge in [-0.15, -0.1) is 10.2 Å². The van der Waals surface area contributed by atoms with Crippen LogP contribution < -0.4 is 10.0 Å². The number of amides is 1. The molecule has 1 amide bonds. The van der Waals surface area contributed by atoms with Crippen molar-refractivity contribution < 1.29 is 13.2 Å². The molecule has 1 aromatic carbocycles. The summed E-state index contributed by atoms with van der Waals surface area (Å²) in [6.07, 6.45) is 1.05. The van der Waals surface area contributed by atoms with Crippen LogP contribution in [0.3, 0.4) is 0 Å². The zero-order valence-electron chi connectivity index (χ0n) is 12.7. The van der Waals surface area contributed by atoms with Crippen LogP contribution in [0.25, 0.3) is 0 Å². The summed E-state index contributed by atoms with van der Waals surface area (Å²) in [5.74, 6) is -0.376. The van der Waals surface area contributed by atoms with Crippen LogP contribution in [0.1, 0.15) is 24.2 Å². The van der Waals surface area contributed by atoms with E-state index >= 15 is 0 Å². The lowest BCUT2D eigenvalue weighted by molar-refractivity contribution is 0.102. The van der Waals surface area contributed by atoms with Gasteiger partial charge in [-0.05, 0) is 18.2 Å². The number of anilines is 2. The number of aromatic nitrogens is 2. The van der Waals surface area contributed by atoms with Gasteiger partial charge in [-0.2, -0.15) is 0 Å². The molecule has 0 unspecified atom stereocenters. The van der Waals surface area contributed by atoms with Crippen molar-refractivity contribution in [1.82, 2.24) is 10.2 Å². The minimum absolute atomic E-state index is 0.326. The van der Waals surface area contributed by atoms with Gasteiger partial charge >= 0.3 is 0 Å². The maximum Gasteiger partial charge on any atom is 0.257 e. The average molecular weight is 372 g/mol. The molecule has 0 radical (unpaired) electrons. The maximum absolute atomic E-state index is 12.2. The monoisotopic (exact) mass is 372 g/mol. The maximum atomic E-state index is 12.2. The lowest BCUT2D eigenvalue weighted by Crippen LogP contribution is -2.13. The first kappa shape index (κ1) is 17.7. The first-order chi connectivity index (χ1) is 10.7. The van der Waals surface area contributed by atoms with Gasteiger partial charge in [-0.25, -0.2) is 8.42 Å². The van der Waals surface area contributed by atoms with Crippen LogP contribution in [0.4, 0.5) is 10.8 Å². The van der Waals surface area contributed by atoms with Crippen LogP contribution in [-0.4, -0.2) is 36.0 Å². The quantitative estimate of drug-likeness (QED) is 0.597. The summed E-state index contributed by atoms with van der Waals surface area (Å²) in [6, 6.07) is 6.22. The fraction of sp³-hybridized carbons (Fsp3) is 0.308. The average Bonchev–Trinajstić information content (AvgIpc) is 2.83. The SMILES string of the molecule is CC(C)Sc1nnc(NC(=O)c2cccc(NS(C)(=O)=O)c2)s1. The van der Waals surface area contributed by atoms with Gasteiger partial charge in [-0.1, -0.05) is 43.0 Å². The first-order valence-electron chi connectivity index (χ1n) is 6.62. The van der Waals surface area contributed by atoms with E-state index in [0.717, 1.165) is 10.6 Å². The molecule has 2 aromatic rings. The molecule has 124 valence electrons. The Morgan fingerprint density at radius 1 is 1.30 bits per heavy atom. The fourth-order valence-corrected chi connectivity index (χ4v) is 4.14. The smallest absolute Gasteiger partial charge is 0.257 e.